The first kappa shape index (κ1) is 7.21. The summed E-state index contributed by atoms with van der Waals surface area (Å²) in [7, 11) is 0. The summed E-state index contributed by atoms with van der Waals surface area (Å²) in [5.41, 5.74) is 0. The molecule has 1 N–H and O–H groups in total. The van der Waals surface area contributed by atoms with Crippen molar-refractivity contribution >= 4 is 5.97 Å². The molecule has 45 valence electrons. The van der Waals surface area contributed by atoms with Crippen molar-refractivity contribution in [3.8, 4) is 0 Å². The topological polar surface area (TPSA) is 37.3 Å². The second-order valence-corrected chi connectivity index (χ2v) is 1.50. The molecule has 0 aliphatic carbocycles. The van der Waals surface area contributed by atoms with E-state index in [9.17, 15) is 4.79 Å². The van der Waals surface area contributed by atoms with Crippen LogP contribution in [-0.2, 0) is 4.79 Å². The highest BCUT2D eigenvalue weighted by atomic mass is 16.4. The van der Waals surface area contributed by atoms with Crippen LogP contribution in [0.2, 0.25) is 0 Å². The van der Waals surface area contributed by atoms with Gasteiger partial charge in [-0.25, -0.2) is 0 Å². The van der Waals surface area contributed by atoms with Crippen LogP contribution in [0.4, 0.5) is 0 Å². The van der Waals surface area contributed by atoms with Gasteiger partial charge in [-0.15, -0.1) is 0 Å². The predicted molar refractivity (Wildman–Crippen MR) is 30.4 cm³/mol. The van der Waals surface area contributed by atoms with Crippen LogP contribution in [0, 0.1) is 6.08 Å². The quantitative estimate of drug-likeness (QED) is 0.557. The van der Waals surface area contributed by atoms with Gasteiger partial charge in [0, 0.05) is 6.42 Å². The minimum atomic E-state index is -0.750. The first-order valence-corrected chi connectivity index (χ1v) is 2.49. The average molecular weight is 113 g/mol. The van der Waals surface area contributed by atoms with E-state index in [4.69, 9.17) is 5.11 Å². The molecule has 0 rings (SSSR count). The maximum absolute atomic E-state index is 9.83. The van der Waals surface area contributed by atoms with E-state index in [0.29, 0.717) is 12.8 Å². The number of aliphatic carboxylic acids is 1. The molecule has 0 aromatic carbocycles. The lowest BCUT2D eigenvalue weighted by molar-refractivity contribution is -0.137. The molecule has 0 spiro atoms. The minimum Gasteiger partial charge on any atom is -0.481 e. The molecule has 0 unspecified atom stereocenters. The SMILES string of the molecule is C=[C]CCCC(=O)O. The van der Waals surface area contributed by atoms with Crippen molar-refractivity contribution in [3.05, 3.63) is 12.7 Å². The fraction of sp³-hybridized carbons (Fsp3) is 0.500. The summed E-state index contributed by atoms with van der Waals surface area (Å²) in [6, 6.07) is 0. The number of allylic oxidation sites excluding steroid dienone is 1. The van der Waals surface area contributed by atoms with Crippen molar-refractivity contribution in [1.82, 2.24) is 0 Å². The minimum absolute atomic E-state index is 0.225. The van der Waals surface area contributed by atoms with Gasteiger partial charge >= 0.3 is 5.97 Å². The van der Waals surface area contributed by atoms with Crippen molar-refractivity contribution in [2.24, 2.45) is 0 Å². The Kier molecular flexibility index (Phi) is 3.94. The highest BCUT2D eigenvalue weighted by Crippen LogP contribution is 1.93. The Morgan fingerprint density at radius 2 is 2.38 bits per heavy atom. The van der Waals surface area contributed by atoms with Gasteiger partial charge in [0.25, 0.3) is 0 Å². The van der Waals surface area contributed by atoms with Gasteiger partial charge in [-0.1, -0.05) is 12.7 Å². The largest absolute Gasteiger partial charge is 0.481 e. The zero-order valence-electron chi connectivity index (χ0n) is 4.68. The molecule has 0 atom stereocenters. The zero-order valence-corrected chi connectivity index (χ0v) is 4.68. The molecule has 0 heterocycles. The number of unbranched alkanes of at least 4 members (excludes halogenated alkanes) is 1. The summed E-state index contributed by atoms with van der Waals surface area (Å²) in [5, 5.41) is 8.09. The second kappa shape index (κ2) is 4.37. The molecule has 0 bridgehead atoms. The van der Waals surface area contributed by atoms with E-state index in [2.05, 4.69) is 12.7 Å². The molecule has 2 nitrogen and oxygen atoms in total. The van der Waals surface area contributed by atoms with Crippen molar-refractivity contribution in [2.75, 3.05) is 0 Å². The van der Waals surface area contributed by atoms with Crippen LogP contribution in [0.5, 0.6) is 0 Å². The second-order valence-electron chi connectivity index (χ2n) is 1.50. The summed E-state index contributed by atoms with van der Waals surface area (Å²) < 4.78 is 0. The van der Waals surface area contributed by atoms with Gasteiger partial charge in [-0.3, -0.25) is 4.79 Å². The average Bonchev–Trinajstić information content (AvgIpc) is 1.66. The van der Waals surface area contributed by atoms with E-state index >= 15 is 0 Å². The molecule has 0 aliphatic rings. The highest BCUT2D eigenvalue weighted by Gasteiger charge is 1.92. The molecule has 2 heteroatoms. The van der Waals surface area contributed by atoms with Crippen molar-refractivity contribution in [2.45, 2.75) is 19.3 Å². The Bertz CT molecular complexity index is 86.5. The lowest BCUT2D eigenvalue weighted by atomic mass is 10.2. The molecule has 8 heavy (non-hydrogen) atoms. The molecule has 1 radical (unpaired) electrons. The van der Waals surface area contributed by atoms with E-state index in [1.807, 2.05) is 0 Å². The van der Waals surface area contributed by atoms with Crippen molar-refractivity contribution in [3.63, 3.8) is 0 Å². The van der Waals surface area contributed by atoms with E-state index in [-0.39, 0.29) is 6.42 Å². The first-order valence-electron chi connectivity index (χ1n) is 2.49. The van der Waals surface area contributed by atoms with Crippen LogP contribution >= 0.6 is 0 Å². The molecule has 0 aromatic heterocycles. The number of carboxylic acid groups (broad SMARTS) is 1. The predicted octanol–water partition coefficient (Wildman–Crippen LogP) is 1.23. The lowest BCUT2D eigenvalue weighted by Crippen LogP contribution is -1.92. The number of carboxylic acids is 1. The molecule has 0 aliphatic heterocycles. The van der Waals surface area contributed by atoms with Gasteiger partial charge in [0.1, 0.15) is 0 Å². The summed E-state index contributed by atoms with van der Waals surface area (Å²) >= 11 is 0. The van der Waals surface area contributed by atoms with Gasteiger partial charge in [-0.05, 0) is 12.8 Å². The Morgan fingerprint density at radius 1 is 1.75 bits per heavy atom. The van der Waals surface area contributed by atoms with Gasteiger partial charge in [0.05, 0.1) is 0 Å². The molecular weight excluding hydrogens is 104 g/mol. The monoisotopic (exact) mass is 113 g/mol. The van der Waals surface area contributed by atoms with Crippen molar-refractivity contribution < 1.29 is 9.90 Å². The molecule has 0 saturated heterocycles. The van der Waals surface area contributed by atoms with Crippen LogP contribution in [0.3, 0.4) is 0 Å². The van der Waals surface area contributed by atoms with Crippen molar-refractivity contribution in [1.29, 1.82) is 0 Å². The number of hydrogen-bond donors (Lipinski definition) is 1. The third-order valence-corrected chi connectivity index (χ3v) is 0.744. The third-order valence-electron chi connectivity index (χ3n) is 0.744. The fourth-order valence-corrected chi connectivity index (χ4v) is 0.365. The smallest absolute Gasteiger partial charge is 0.303 e. The Balaban J connectivity index is 2.93. The van der Waals surface area contributed by atoms with Crippen LogP contribution in [0.1, 0.15) is 19.3 Å². The fourth-order valence-electron chi connectivity index (χ4n) is 0.365. The van der Waals surface area contributed by atoms with E-state index in [0.717, 1.165) is 0 Å². The van der Waals surface area contributed by atoms with Gasteiger partial charge < -0.3 is 5.11 Å². The maximum atomic E-state index is 9.83. The third kappa shape index (κ3) is 5.21. The highest BCUT2D eigenvalue weighted by molar-refractivity contribution is 5.66. The molecular formula is C6H9O2. The summed E-state index contributed by atoms with van der Waals surface area (Å²) in [4.78, 5) is 9.83. The van der Waals surface area contributed by atoms with Crippen LogP contribution < -0.4 is 0 Å². The maximum Gasteiger partial charge on any atom is 0.303 e. The number of hydrogen-bond acceptors (Lipinski definition) is 1. The Hall–Kier alpha value is -0.790. The van der Waals surface area contributed by atoms with E-state index < -0.39 is 5.97 Å². The Labute approximate surface area is 48.8 Å². The molecule has 0 saturated carbocycles. The Morgan fingerprint density at radius 3 is 2.75 bits per heavy atom. The zero-order chi connectivity index (χ0) is 6.41. The lowest BCUT2D eigenvalue weighted by Gasteiger charge is -1.86. The van der Waals surface area contributed by atoms with Crippen LogP contribution in [-0.4, -0.2) is 11.1 Å². The van der Waals surface area contributed by atoms with E-state index in [1.165, 1.54) is 0 Å². The molecule has 0 amide bonds. The normalized spacial score (nSPS) is 8.50. The van der Waals surface area contributed by atoms with Crippen LogP contribution in [0.25, 0.3) is 0 Å². The van der Waals surface area contributed by atoms with Gasteiger partial charge in [-0.2, -0.15) is 0 Å². The van der Waals surface area contributed by atoms with E-state index in [1.54, 1.807) is 0 Å². The summed E-state index contributed by atoms with van der Waals surface area (Å²) in [5.74, 6) is -0.750. The first-order chi connectivity index (χ1) is 3.77. The number of rotatable bonds is 4. The van der Waals surface area contributed by atoms with Crippen LogP contribution in [0.15, 0.2) is 6.58 Å². The summed E-state index contributed by atoms with van der Waals surface area (Å²) in [6.45, 7) is 3.34. The van der Waals surface area contributed by atoms with Gasteiger partial charge in [0.2, 0.25) is 0 Å². The standard InChI is InChI=1S/C6H9O2/c1-2-3-4-5-6(7)8/h1,3-5H2,(H,7,8). The summed E-state index contributed by atoms with van der Waals surface area (Å²) in [6.07, 6.45) is 4.16. The molecule has 0 fully saturated rings. The number of carbonyl (C=O) groups is 1. The van der Waals surface area contributed by atoms with Gasteiger partial charge in [0.15, 0.2) is 0 Å². The molecule has 0 aromatic rings.